The van der Waals surface area contributed by atoms with Crippen LogP contribution in [0.3, 0.4) is 0 Å². The third kappa shape index (κ3) is 5.77. The molecule has 7 N–H and O–H groups in total. The van der Waals surface area contributed by atoms with Crippen LogP contribution in [0.5, 0.6) is 23.0 Å². The van der Waals surface area contributed by atoms with Gasteiger partial charge < -0.3 is 64.2 Å². The number of hydrogen-bond donors (Lipinski definition) is 7. The molecule has 2 saturated heterocycles. The van der Waals surface area contributed by atoms with Gasteiger partial charge in [-0.05, 0) is 24.6 Å². The van der Waals surface area contributed by atoms with Crippen molar-refractivity contribution in [3.05, 3.63) is 47.5 Å². The molecule has 5 rings (SSSR count). The lowest BCUT2D eigenvalue weighted by molar-refractivity contribution is -0.355. The van der Waals surface area contributed by atoms with Crippen LogP contribution in [-0.4, -0.2) is 117 Å². The molecule has 3 aliphatic heterocycles. The van der Waals surface area contributed by atoms with Crippen LogP contribution in [0.4, 0.5) is 0 Å². The van der Waals surface area contributed by atoms with E-state index in [-0.39, 0.29) is 35.0 Å². The van der Waals surface area contributed by atoms with E-state index in [0.29, 0.717) is 5.56 Å². The molecule has 11 unspecified atom stereocenters. The number of hydrogen-bond acceptors (Lipinski definition) is 14. The highest BCUT2D eigenvalue weighted by Crippen LogP contribution is 2.43. The molecule has 2 aromatic rings. The fraction of sp³-hybridized carbons (Fsp3) is 0.536. The highest BCUT2D eigenvalue weighted by atomic mass is 16.8. The number of methoxy groups -OCH3 is 1. The lowest BCUT2D eigenvalue weighted by Gasteiger charge is -2.46. The van der Waals surface area contributed by atoms with Gasteiger partial charge in [0.15, 0.2) is 18.2 Å². The zero-order chi connectivity index (χ0) is 30.3. The zero-order valence-electron chi connectivity index (χ0n) is 22.7. The molecule has 2 fully saturated rings. The Balaban J connectivity index is 1.42. The molecule has 2 aromatic carbocycles. The number of rotatable bonds is 7. The van der Waals surface area contributed by atoms with E-state index in [2.05, 4.69) is 0 Å². The second-order valence-corrected chi connectivity index (χ2v) is 10.5. The summed E-state index contributed by atoms with van der Waals surface area (Å²) in [6.07, 6.45) is -14.6. The van der Waals surface area contributed by atoms with Crippen LogP contribution in [0.1, 0.15) is 35.4 Å². The number of aliphatic hydroxyl groups is 5. The maximum atomic E-state index is 12.9. The SMILES string of the molecule is COC1C(CO)OC(Oc2cc(O)c3c(c2)OC(c2ccc(O)cc2)CC3=O)C(OC2OC(C)C(O)C(O)C2O)C1O. The number of fused-ring (bicyclic) bond motifs is 1. The van der Waals surface area contributed by atoms with Gasteiger partial charge in [0.05, 0.1) is 19.1 Å². The summed E-state index contributed by atoms with van der Waals surface area (Å²) in [5.41, 5.74) is 0.566. The largest absolute Gasteiger partial charge is 0.508 e. The summed E-state index contributed by atoms with van der Waals surface area (Å²) in [5.74, 6) is -0.818. The summed E-state index contributed by atoms with van der Waals surface area (Å²) in [5, 5.41) is 72.0. The third-order valence-corrected chi connectivity index (χ3v) is 7.66. The second kappa shape index (κ2) is 12.3. The van der Waals surface area contributed by atoms with Crippen LogP contribution in [0.25, 0.3) is 0 Å². The second-order valence-electron chi connectivity index (χ2n) is 10.5. The number of carbonyl (C=O) groups excluding carboxylic acids is 1. The number of aromatic hydroxyl groups is 2. The topological polar surface area (TPSA) is 214 Å². The van der Waals surface area contributed by atoms with Crippen molar-refractivity contribution < 1.29 is 69.0 Å². The van der Waals surface area contributed by atoms with Crippen molar-refractivity contribution in [2.45, 2.75) is 80.9 Å². The van der Waals surface area contributed by atoms with Crippen LogP contribution >= 0.6 is 0 Å². The monoisotopic (exact) mass is 594 g/mol. The summed E-state index contributed by atoms with van der Waals surface area (Å²) < 4.78 is 34.4. The lowest BCUT2D eigenvalue weighted by Crippen LogP contribution is -2.65. The van der Waals surface area contributed by atoms with Crippen LogP contribution in [0, 0.1) is 0 Å². The quantitative estimate of drug-likeness (QED) is 0.215. The van der Waals surface area contributed by atoms with Gasteiger partial charge in [-0.25, -0.2) is 0 Å². The molecule has 3 aliphatic rings. The number of ketones is 1. The van der Waals surface area contributed by atoms with E-state index in [1.165, 1.54) is 32.2 Å². The van der Waals surface area contributed by atoms with Gasteiger partial charge in [-0.3, -0.25) is 4.79 Å². The van der Waals surface area contributed by atoms with Crippen molar-refractivity contribution in [1.29, 1.82) is 0 Å². The first-order valence-electron chi connectivity index (χ1n) is 13.4. The molecular formula is C28H34O14. The lowest BCUT2D eigenvalue weighted by atomic mass is 9.95. The number of phenolic OH excluding ortho intramolecular Hbond substituents is 2. The minimum atomic E-state index is -1.70. The maximum Gasteiger partial charge on any atom is 0.229 e. The Morgan fingerprint density at radius 3 is 2.29 bits per heavy atom. The van der Waals surface area contributed by atoms with E-state index in [9.17, 15) is 40.5 Å². The maximum absolute atomic E-state index is 12.9. The molecule has 0 bridgehead atoms. The molecule has 3 heterocycles. The van der Waals surface area contributed by atoms with E-state index < -0.39 is 79.9 Å². The van der Waals surface area contributed by atoms with Gasteiger partial charge in [0, 0.05) is 19.2 Å². The smallest absolute Gasteiger partial charge is 0.229 e. The molecule has 11 atom stereocenters. The molecule has 0 saturated carbocycles. The molecule has 0 radical (unpaired) electrons. The number of aliphatic hydroxyl groups excluding tert-OH is 5. The fourth-order valence-electron chi connectivity index (χ4n) is 5.35. The number of ether oxygens (including phenoxy) is 6. The number of carbonyl (C=O) groups is 1. The Morgan fingerprint density at radius 2 is 1.62 bits per heavy atom. The van der Waals surface area contributed by atoms with Crippen molar-refractivity contribution in [3.8, 4) is 23.0 Å². The van der Waals surface area contributed by atoms with Crippen molar-refractivity contribution in [2.75, 3.05) is 13.7 Å². The van der Waals surface area contributed by atoms with Gasteiger partial charge >= 0.3 is 0 Å². The Morgan fingerprint density at radius 1 is 0.905 bits per heavy atom. The van der Waals surface area contributed by atoms with Crippen molar-refractivity contribution in [3.63, 3.8) is 0 Å². The summed E-state index contributed by atoms with van der Waals surface area (Å²) in [4.78, 5) is 12.9. The van der Waals surface area contributed by atoms with Gasteiger partial charge in [-0.1, -0.05) is 12.1 Å². The highest BCUT2D eigenvalue weighted by Gasteiger charge is 2.51. The predicted molar refractivity (Wildman–Crippen MR) is 139 cm³/mol. The standard InChI is InChI=1S/C28H34O14/c1-11-21(33)22(34)23(35)27(38-11)42-26-24(36)25(37-2)19(10-29)41-28(26)39-14-7-15(31)20-16(32)9-17(40-18(20)8-14)12-3-5-13(30)6-4-12/h3-8,11,17,19,21-31,33-36H,9-10H2,1-2H3. The summed E-state index contributed by atoms with van der Waals surface area (Å²) in [7, 11) is 1.28. The van der Waals surface area contributed by atoms with Crippen LogP contribution in [0.2, 0.25) is 0 Å². The molecular weight excluding hydrogens is 560 g/mol. The number of benzene rings is 2. The van der Waals surface area contributed by atoms with Gasteiger partial charge in [0.1, 0.15) is 71.3 Å². The van der Waals surface area contributed by atoms with Crippen molar-refractivity contribution in [1.82, 2.24) is 0 Å². The molecule has 42 heavy (non-hydrogen) atoms. The average Bonchev–Trinajstić information content (AvgIpc) is 2.96. The Kier molecular flexibility index (Phi) is 8.89. The molecule has 0 amide bonds. The first-order chi connectivity index (χ1) is 20.0. The van der Waals surface area contributed by atoms with E-state index in [0.717, 1.165) is 6.07 Å². The van der Waals surface area contributed by atoms with Gasteiger partial charge in [0.25, 0.3) is 0 Å². The first kappa shape index (κ1) is 30.4. The highest BCUT2D eigenvalue weighted by molar-refractivity contribution is 6.02. The predicted octanol–water partition coefficient (Wildman–Crippen LogP) is -0.511. The molecule has 0 aliphatic carbocycles. The Bertz CT molecular complexity index is 1250. The van der Waals surface area contributed by atoms with Crippen molar-refractivity contribution >= 4 is 5.78 Å². The van der Waals surface area contributed by atoms with Gasteiger partial charge in [-0.15, -0.1) is 0 Å². The zero-order valence-corrected chi connectivity index (χ0v) is 22.7. The van der Waals surface area contributed by atoms with E-state index in [1.807, 2.05) is 0 Å². The van der Waals surface area contributed by atoms with Crippen LogP contribution in [0.15, 0.2) is 36.4 Å². The summed E-state index contributed by atoms with van der Waals surface area (Å²) in [6.45, 7) is 0.883. The minimum absolute atomic E-state index is 0.0126. The molecule has 0 aromatic heterocycles. The summed E-state index contributed by atoms with van der Waals surface area (Å²) in [6, 6.07) is 8.63. The van der Waals surface area contributed by atoms with Crippen molar-refractivity contribution in [2.24, 2.45) is 0 Å². The van der Waals surface area contributed by atoms with E-state index >= 15 is 0 Å². The van der Waals surface area contributed by atoms with E-state index in [4.69, 9.17) is 28.4 Å². The van der Waals surface area contributed by atoms with E-state index in [1.54, 1.807) is 12.1 Å². The fourth-order valence-corrected chi connectivity index (χ4v) is 5.35. The Labute approximate surface area is 240 Å². The minimum Gasteiger partial charge on any atom is -0.508 e. The van der Waals surface area contributed by atoms with Gasteiger partial charge in [0.2, 0.25) is 6.29 Å². The molecule has 14 nitrogen and oxygen atoms in total. The molecule has 0 spiro atoms. The van der Waals surface area contributed by atoms with Crippen LogP contribution < -0.4 is 9.47 Å². The first-order valence-corrected chi connectivity index (χ1v) is 13.4. The average molecular weight is 595 g/mol. The number of phenols is 2. The Hall–Kier alpha value is -3.05. The summed E-state index contributed by atoms with van der Waals surface area (Å²) >= 11 is 0. The number of Topliss-reactive ketones (excluding diaryl/α,β-unsaturated/α-hetero) is 1. The molecule has 230 valence electrons. The molecule has 14 heteroatoms. The normalized spacial score (nSPS) is 36.6. The van der Waals surface area contributed by atoms with Gasteiger partial charge in [-0.2, -0.15) is 0 Å². The van der Waals surface area contributed by atoms with Crippen LogP contribution in [-0.2, 0) is 18.9 Å². The third-order valence-electron chi connectivity index (χ3n) is 7.66.